The molecular formula is C17H24N2O7S. The molecule has 0 spiro atoms. The third-order valence-electron chi connectivity index (χ3n) is 3.38. The highest BCUT2D eigenvalue weighted by atomic mass is 32.2. The molecule has 0 fully saturated rings. The number of furan rings is 1. The number of hydrogen-bond donors (Lipinski definition) is 3. The molecule has 10 heteroatoms. The maximum absolute atomic E-state index is 12.3. The molecule has 0 aliphatic rings. The van der Waals surface area contributed by atoms with Crippen molar-refractivity contribution in [3.8, 4) is 0 Å². The maximum atomic E-state index is 12.3. The van der Waals surface area contributed by atoms with Crippen molar-refractivity contribution in [3.05, 3.63) is 53.8 Å². The second kappa shape index (κ2) is 8.78. The third-order valence-corrected chi connectivity index (χ3v) is 4.57. The van der Waals surface area contributed by atoms with Crippen molar-refractivity contribution < 1.29 is 32.2 Å². The van der Waals surface area contributed by atoms with Gasteiger partial charge in [0, 0.05) is 17.7 Å². The number of carbonyl (C=O) groups is 1. The molecule has 0 atom stereocenters. The molecule has 0 radical (unpaired) electrons. The Hall–Kier alpha value is -2.72. The minimum Gasteiger partial charge on any atom is -0.497 e. The van der Waals surface area contributed by atoms with Crippen molar-refractivity contribution in [2.45, 2.75) is 31.5 Å². The zero-order valence-corrected chi connectivity index (χ0v) is 16.6. The summed E-state index contributed by atoms with van der Waals surface area (Å²) in [5, 5.41) is 11.7. The van der Waals surface area contributed by atoms with Crippen molar-refractivity contribution in [2.24, 2.45) is 0 Å². The summed E-state index contributed by atoms with van der Waals surface area (Å²) in [5.74, 6) is 0.480. The van der Waals surface area contributed by atoms with Crippen LogP contribution in [0.25, 0.3) is 0 Å². The van der Waals surface area contributed by atoms with Crippen LogP contribution in [0.1, 0.15) is 26.3 Å². The number of hydrogen-bond acceptors (Lipinski definition) is 7. The minimum atomic E-state index is -4.30. The lowest BCUT2D eigenvalue weighted by atomic mass is 10.0. The van der Waals surface area contributed by atoms with Gasteiger partial charge in [-0.3, -0.25) is 0 Å². The van der Waals surface area contributed by atoms with Crippen molar-refractivity contribution in [2.75, 3.05) is 14.2 Å². The fourth-order valence-electron chi connectivity index (χ4n) is 1.80. The number of sulfonamides is 1. The standard InChI is InChI=1S/C17H24N2O7S/c1-7-13(25-6)9-14(11(2)24-5)18-16(20)19-27(22,23)15-8-12(10-26-15)17(3,4)21/h7-10,21H,2H2,1,3-6H3,(H2,18,19,20)/b13-7+,14-9+. The zero-order chi connectivity index (χ0) is 20.8. The zero-order valence-electron chi connectivity index (χ0n) is 15.8. The number of aliphatic hydroxyl groups is 1. The van der Waals surface area contributed by atoms with Crippen LogP contribution in [0.15, 0.2) is 57.8 Å². The molecule has 0 aliphatic carbocycles. The lowest BCUT2D eigenvalue weighted by molar-refractivity contribution is 0.0779. The molecule has 27 heavy (non-hydrogen) atoms. The fraction of sp³-hybridized carbons (Fsp3) is 0.353. The number of allylic oxidation sites excluding steroid dienone is 2. The van der Waals surface area contributed by atoms with Gasteiger partial charge in [-0.25, -0.2) is 9.52 Å². The van der Waals surface area contributed by atoms with Gasteiger partial charge in [0.05, 0.1) is 31.8 Å². The van der Waals surface area contributed by atoms with E-state index < -0.39 is 26.7 Å². The van der Waals surface area contributed by atoms with Crippen LogP contribution >= 0.6 is 0 Å². The summed E-state index contributed by atoms with van der Waals surface area (Å²) in [7, 11) is -1.53. The normalized spacial score (nSPS) is 13.1. The number of methoxy groups -OCH3 is 2. The molecule has 0 bridgehead atoms. The third kappa shape index (κ3) is 6.19. The molecule has 3 N–H and O–H groups in total. The van der Waals surface area contributed by atoms with E-state index in [1.54, 1.807) is 17.7 Å². The molecule has 0 saturated heterocycles. The Kier molecular flexibility index (Phi) is 7.26. The van der Waals surface area contributed by atoms with E-state index >= 15 is 0 Å². The van der Waals surface area contributed by atoms with Gasteiger partial charge in [-0.15, -0.1) is 0 Å². The van der Waals surface area contributed by atoms with Crippen LogP contribution in [0.5, 0.6) is 0 Å². The average Bonchev–Trinajstić information content (AvgIpc) is 3.08. The number of nitrogens with one attached hydrogen (secondary N) is 2. The van der Waals surface area contributed by atoms with E-state index in [-0.39, 0.29) is 17.0 Å². The summed E-state index contributed by atoms with van der Waals surface area (Å²) in [6.45, 7) is 8.27. The first-order valence-corrected chi connectivity index (χ1v) is 9.23. The van der Waals surface area contributed by atoms with Crippen LogP contribution < -0.4 is 10.0 Å². The van der Waals surface area contributed by atoms with Crippen molar-refractivity contribution in [1.29, 1.82) is 0 Å². The molecule has 0 saturated carbocycles. The molecular weight excluding hydrogens is 376 g/mol. The Bertz CT molecular complexity index is 858. The quantitative estimate of drug-likeness (QED) is 0.450. The molecule has 2 amide bonds. The summed E-state index contributed by atoms with van der Waals surface area (Å²) in [6, 6.07) is 0.0655. The SMILES string of the molecule is C=C(OC)/C(=C\C(=C/C)OC)NC(=O)NS(=O)(=O)c1cc(C(C)(C)O)co1. The molecule has 0 unspecified atom stereocenters. The molecule has 1 heterocycles. The van der Waals surface area contributed by atoms with E-state index in [9.17, 15) is 18.3 Å². The summed E-state index contributed by atoms with van der Waals surface area (Å²) in [6.07, 6.45) is 4.14. The Morgan fingerprint density at radius 3 is 2.41 bits per heavy atom. The highest BCUT2D eigenvalue weighted by Gasteiger charge is 2.26. The number of amides is 2. The van der Waals surface area contributed by atoms with Gasteiger partial charge in [-0.05, 0) is 26.8 Å². The fourth-order valence-corrected chi connectivity index (χ4v) is 2.65. The Morgan fingerprint density at radius 2 is 1.96 bits per heavy atom. The van der Waals surface area contributed by atoms with Crippen LogP contribution in [-0.2, 0) is 25.1 Å². The van der Waals surface area contributed by atoms with E-state index in [1.807, 2.05) is 0 Å². The number of rotatable bonds is 8. The topological polar surface area (TPSA) is 127 Å². The molecule has 150 valence electrons. The lowest BCUT2D eigenvalue weighted by Crippen LogP contribution is -2.39. The van der Waals surface area contributed by atoms with E-state index in [4.69, 9.17) is 13.9 Å². The first kappa shape index (κ1) is 22.3. The van der Waals surface area contributed by atoms with Gasteiger partial charge in [0.2, 0.25) is 5.09 Å². The summed E-state index contributed by atoms with van der Waals surface area (Å²) >= 11 is 0. The van der Waals surface area contributed by atoms with Crippen LogP contribution in [0, 0.1) is 0 Å². The predicted molar refractivity (Wildman–Crippen MR) is 97.8 cm³/mol. The van der Waals surface area contributed by atoms with Gasteiger partial charge in [0.15, 0.2) is 0 Å². The second-order valence-electron chi connectivity index (χ2n) is 5.85. The average molecular weight is 400 g/mol. The van der Waals surface area contributed by atoms with Gasteiger partial charge >= 0.3 is 6.03 Å². The number of urea groups is 1. The Labute approximate surface area is 158 Å². The van der Waals surface area contributed by atoms with Gasteiger partial charge in [0.1, 0.15) is 11.5 Å². The number of carbonyl (C=O) groups excluding carboxylic acids is 1. The van der Waals surface area contributed by atoms with E-state index in [1.165, 1.54) is 34.1 Å². The van der Waals surface area contributed by atoms with Gasteiger partial charge in [-0.2, -0.15) is 8.42 Å². The highest BCUT2D eigenvalue weighted by molar-refractivity contribution is 7.89. The smallest absolute Gasteiger partial charge is 0.333 e. The van der Waals surface area contributed by atoms with E-state index in [2.05, 4.69) is 11.9 Å². The first-order chi connectivity index (χ1) is 12.4. The maximum Gasteiger partial charge on any atom is 0.333 e. The van der Waals surface area contributed by atoms with Gasteiger partial charge < -0.3 is 24.3 Å². The van der Waals surface area contributed by atoms with Gasteiger partial charge in [0.25, 0.3) is 10.0 Å². The highest BCUT2D eigenvalue weighted by Crippen LogP contribution is 2.24. The van der Waals surface area contributed by atoms with E-state index in [0.717, 1.165) is 12.3 Å². The summed E-state index contributed by atoms with van der Waals surface area (Å²) in [4.78, 5) is 12.1. The molecule has 0 aromatic carbocycles. The minimum absolute atomic E-state index is 0.0845. The monoisotopic (exact) mass is 400 g/mol. The molecule has 0 aliphatic heterocycles. The second-order valence-corrected chi connectivity index (χ2v) is 7.47. The Balaban J connectivity index is 3.01. The lowest BCUT2D eigenvalue weighted by Gasteiger charge is -2.13. The van der Waals surface area contributed by atoms with Crippen LogP contribution in [0.4, 0.5) is 4.79 Å². The van der Waals surface area contributed by atoms with Crippen LogP contribution in [0.2, 0.25) is 0 Å². The van der Waals surface area contributed by atoms with E-state index in [0.29, 0.717) is 5.76 Å². The number of ether oxygens (including phenoxy) is 2. The Morgan fingerprint density at radius 1 is 1.33 bits per heavy atom. The molecule has 9 nitrogen and oxygen atoms in total. The summed E-state index contributed by atoms with van der Waals surface area (Å²) < 4.78 is 41.4. The molecule has 1 rings (SSSR count). The first-order valence-electron chi connectivity index (χ1n) is 7.75. The van der Waals surface area contributed by atoms with Crippen molar-refractivity contribution in [1.82, 2.24) is 10.0 Å². The van der Waals surface area contributed by atoms with Crippen molar-refractivity contribution in [3.63, 3.8) is 0 Å². The predicted octanol–water partition coefficient (Wildman–Crippen LogP) is 2.09. The largest absolute Gasteiger partial charge is 0.497 e. The van der Waals surface area contributed by atoms with Crippen LogP contribution in [-0.4, -0.2) is 33.8 Å². The molecule has 1 aromatic rings. The van der Waals surface area contributed by atoms with Crippen LogP contribution in [0.3, 0.4) is 0 Å². The van der Waals surface area contributed by atoms with Gasteiger partial charge in [-0.1, -0.05) is 6.58 Å². The van der Waals surface area contributed by atoms with Crippen molar-refractivity contribution >= 4 is 16.1 Å². The molecule has 1 aromatic heterocycles. The summed E-state index contributed by atoms with van der Waals surface area (Å²) in [5.41, 5.74) is -0.958.